The normalized spacial score (nSPS) is 16.8. The second kappa shape index (κ2) is 7.72. The Morgan fingerprint density at radius 3 is 2.52 bits per heavy atom. The Kier molecular flexibility index (Phi) is 4.75. The number of benzene rings is 3. The molecule has 0 saturated carbocycles. The van der Waals surface area contributed by atoms with Gasteiger partial charge in [-0.1, -0.05) is 36.4 Å². The van der Waals surface area contributed by atoms with Crippen molar-refractivity contribution >= 4 is 34.8 Å². The molecule has 2 aliphatic rings. The van der Waals surface area contributed by atoms with E-state index in [-0.39, 0.29) is 24.1 Å². The second-order valence-electron chi connectivity index (χ2n) is 7.79. The average molecular weight is 411 g/mol. The van der Waals surface area contributed by atoms with Crippen molar-refractivity contribution in [1.29, 1.82) is 0 Å². The van der Waals surface area contributed by atoms with Crippen molar-refractivity contribution in [3.63, 3.8) is 0 Å². The number of rotatable bonds is 3. The molecule has 2 N–H and O–H groups in total. The second-order valence-corrected chi connectivity index (χ2v) is 7.79. The van der Waals surface area contributed by atoms with Crippen molar-refractivity contribution < 1.29 is 14.4 Å². The minimum Gasteiger partial charge on any atom is -0.326 e. The number of hydrogen-bond donors (Lipinski definition) is 2. The van der Waals surface area contributed by atoms with Gasteiger partial charge in [0.1, 0.15) is 0 Å². The molecule has 154 valence electrons. The monoisotopic (exact) mass is 411 g/mol. The fourth-order valence-electron chi connectivity index (χ4n) is 4.28. The van der Waals surface area contributed by atoms with Crippen molar-refractivity contribution in [3.05, 3.63) is 89.5 Å². The lowest BCUT2D eigenvalue weighted by molar-refractivity contribution is -0.123. The molecule has 0 spiro atoms. The van der Waals surface area contributed by atoms with E-state index in [9.17, 15) is 14.4 Å². The van der Waals surface area contributed by atoms with Gasteiger partial charge in [-0.2, -0.15) is 0 Å². The number of anilines is 3. The van der Waals surface area contributed by atoms with Gasteiger partial charge in [0, 0.05) is 35.6 Å². The fraction of sp³-hybridized carbons (Fsp3) is 0.160. The van der Waals surface area contributed by atoms with Gasteiger partial charge in [-0.3, -0.25) is 14.4 Å². The maximum absolute atomic E-state index is 13.0. The number of nitrogens with one attached hydrogen (secondary N) is 2. The zero-order valence-electron chi connectivity index (χ0n) is 16.8. The number of amides is 3. The Bertz CT molecular complexity index is 1190. The molecule has 3 amide bonds. The van der Waals surface area contributed by atoms with E-state index in [0.29, 0.717) is 23.5 Å². The van der Waals surface area contributed by atoms with Crippen molar-refractivity contribution in [3.8, 4) is 0 Å². The van der Waals surface area contributed by atoms with Gasteiger partial charge < -0.3 is 15.5 Å². The summed E-state index contributed by atoms with van der Waals surface area (Å²) in [5, 5.41) is 5.68. The summed E-state index contributed by atoms with van der Waals surface area (Å²) in [6.45, 7) is 0.666. The quantitative estimate of drug-likeness (QED) is 0.685. The first-order valence-corrected chi connectivity index (χ1v) is 10.3. The molecule has 2 heterocycles. The highest BCUT2D eigenvalue weighted by molar-refractivity contribution is 6.08. The van der Waals surface area contributed by atoms with Gasteiger partial charge in [0.2, 0.25) is 11.8 Å². The van der Waals surface area contributed by atoms with Crippen molar-refractivity contribution in [2.24, 2.45) is 0 Å². The van der Waals surface area contributed by atoms with E-state index >= 15 is 0 Å². The van der Waals surface area contributed by atoms with Crippen LogP contribution < -0.4 is 15.5 Å². The molecule has 31 heavy (non-hydrogen) atoms. The van der Waals surface area contributed by atoms with Crippen LogP contribution in [0.5, 0.6) is 0 Å². The molecule has 1 unspecified atom stereocenters. The smallest absolute Gasteiger partial charge is 0.258 e. The van der Waals surface area contributed by atoms with Crippen molar-refractivity contribution in [2.45, 2.75) is 18.8 Å². The molecular weight excluding hydrogens is 390 g/mol. The SMILES string of the molecule is O=C1CC(C(=O)Nc2ccc(C(=O)N3CCc4ccccc43)cc2)c2ccccc2N1. The van der Waals surface area contributed by atoms with Gasteiger partial charge in [0.25, 0.3) is 5.91 Å². The van der Waals surface area contributed by atoms with Crippen LogP contribution in [0.3, 0.4) is 0 Å². The molecule has 2 aliphatic heterocycles. The van der Waals surface area contributed by atoms with Crippen LogP contribution in [0.4, 0.5) is 17.1 Å². The van der Waals surface area contributed by atoms with E-state index in [0.717, 1.165) is 17.7 Å². The van der Waals surface area contributed by atoms with Crippen molar-refractivity contribution in [1.82, 2.24) is 0 Å². The molecule has 6 nitrogen and oxygen atoms in total. The molecule has 0 aromatic heterocycles. The molecular formula is C25H21N3O3. The summed E-state index contributed by atoms with van der Waals surface area (Å²) in [6.07, 6.45) is 0.959. The highest BCUT2D eigenvalue weighted by Crippen LogP contribution is 2.33. The Morgan fingerprint density at radius 2 is 1.68 bits per heavy atom. The number of fused-ring (bicyclic) bond motifs is 2. The van der Waals surface area contributed by atoms with Crippen LogP contribution in [0.25, 0.3) is 0 Å². The van der Waals surface area contributed by atoms with Crippen LogP contribution >= 0.6 is 0 Å². The summed E-state index contributed by atoms with van der Waals surface area (Å²) >= 11 is 0. The minimum atomic E-state index is -0.549. The van der Waals surface area contributed by atoms with E-state index in [1.165, 1.54) is 5.56 Å². The molecule has 5 rings (SSSR count). The maximum atomic E-state index is 13.0. The van der Waals surface area contributed by atoms with Gasteiger partial charge in [-0.05, 0) is 53.9 Å². The van der Waals surface area contributed by atoms with Crippen LogP contribution in [0.2, 0.25) is 0 Å². The molecule has 0 aliphatic carbocycles. The summed E-state index contributed by atoms with van der Waals surface area (Å²) < 4.78 is 0. The van der Waals surface area contributed by atoms with Crippen LogP contribution in [0.15, 0.2) is 72.8 Å². The number of hydrogen-bond acceptors (Lipinski definition) is 3. The lowest BCUT2D eigenvalue weighted by Crippen LogP contribution is -2.31. The van der Waals surface area contributed by atoms with Crippen LogP contribution in [-0.4, -0.2) is 24.3 Å². The zero-order chi connectivity index (χ0) is 21.4. The van der Waals surface area contributed by atoms with Crippen LogP contribution in [0.1, 0.15) is 33.8 Å². The number of para-hydroxylation sites is 2. The lowest BCUT2D eigenvalue weighted by Gasteiger charge is -2.24. The Hall–Kier alpha value is -3.93. The third-order valence-corrected chi connectivity index (χ3v) is 5.85. The van der Waals surface area contributed by atoms with Gasteiger partial charge >= 0.3 is 0 Å². The summed E-state index contributed by atoms with van der Waals surface area (Å²) in [5.41, 5.74) is 4.77. The van der Waals surface area contributed by atoms with Gasteiger partial charge in [0.15, 0.2) is 0 Å². The van der Waals surface area contributed by atoms with E-state index in [1.54, 1.807) is 35.2 Å². The molecule has 0 fully saturated rings. The predicted molar refractivity (Wildman–Crippen MR) is 119 cm³/mol. The van der Waals surface area contributed by atoms with Crippen LogP contribution in [-0.2, 0) is 16.0 Å². The fourth-order valence-corrected chi connectivity index (χ4v) is 4.28. The predicted octanol–water partition coefficient (Wildman–Crippen LogP) is 3.95. The first-order valence-electron chi connectivity index (χ1n) is 10.3. The van der Waals surface area contributed by atoms with Gasteiger partial charge in [-0.15, -0.1) is 0 Å². The maximum Gasteiger partial charge on any atom is 0.258 e. The van der Waals surface area contributed by atoms with E-state index < -0.39 is 5.92 Å². The molecule has 3 aromatic carbocycles. The third kappa shape index (κ3) is 3.57. The minimum absolute atomic E-state index is 0.0549. The highest BCUT2D eigenvalue weighted by Gasteiger charge is 2.30. The average Bonchev–Trinajstić information content (AvgIpc) is 3.22. The topological polar surface area (TPSA) is 78.5 Å². The molecule has 0 saturated heterocycles. The first-order chi connectivity index (χ1) is 15.1. The number of carbonyl (C=O) groups is 3. The number of nitrogens with zero attached hydrogens (tertiary/aromatic N) is 1. The molecule has 3 aromatic rings. The zero-order valence-corrected chi connectivity index (χ0v) is 16.8. The highest BCUT2D eigenvalue weighted by atomic mass is 16.2. The largest absolute Gasteiger partial charge is 0.326 e. The molecule has 0 bridgehead atoms. The standard InChI is InChI=1S/C25H21N3O3/c29-23-15-20(19-6-2-3-7-21(19)27-23)24(30)26-18-11-9-17(10-12-18)25(31)28-14-13-16-5-1-4-8-22(16)28/h1-12,20H,13-15H2,(H,26,30)(H,27,29). The Labute approximate surface area is 179 Å². The summed E-state index contributed by atoms with van der Waals surface area (Å²) in [6, 6.07) is 22.2. The Morgan fingerprint density at radius 1 is 0.935 bits per heavy atom. The van der Waals surface area contributed by atoms with Gasteiger partial charge in [-0.25, -0.2) is 0 Å². The van der Waals surface area contributed by atoms with E-state index in [4.69, 9.17) is 0 Å². The first kappa shape index (κ1) is 19.1. The molecule has 1 atom stereocenters. The molecule has 0 radical (unpaired) electrons. The Balaban J connectivity index is 1.31. The van der Waals surface area contributed by atoms with E-state index in [1.807, 2.05) is 42.5 Å². The third-order valence-electron chi connectivity index (χ3n) is 5.85. The van der Waals surface area contributed by atoms with Crippen LogP contribution in [0, 0.1) is 0 Å². The van der Waals surface area contributed by atoms with Crippen molar-refractivity contribution in [2.75, 3.05) is 22.1 Å². The van der Waals surface area contributed by atoms with E-state index in [2.05, 4.69) is 10.6 Å². The lowest BCUT2D eigenvalue weighted by atomic mass is 9.90. The number of carbonyl (C=O) groups excluding carboxylic acids is 3. The molecule has 6 heteroatoms. The van der Waals surface area contributed by atoms with Gasteiger partial charge in [0.05, 0.1) is 5.92 Å². The summed E-state index contributed by atoms with van der Waals surface area (Å²) in [4.78, 5) is 39.6. The summed E-state index contributed by atoms with van der Waals surface area (Å²) in [5.74, 6) is -1.02. The summed E-state index contributed by atoms with van der Waals surface area (Å²) in [7, 11) is 0.